The molecule has 1 aromatic heterocycles. The molecule has 0 amide bonds. The number of aromatic amines is 1. The summed E-state index contributed by atoms with van der Waals surface area (Å²) in [5.41, 5.74) is 1.66. The van der Waals surface area contributed by atoms with E-state index in [1.807, 2.05) is 24.3 Å². The fourth-order valence-electron chi connectivity index (χ4n) is 1.26. The van der Waals surface area contributed by atoms with Gasteiger partial charge in [0, 0.05) is 11.8 Å². The van der Waals surface area contributed by atoms with Crippen LogP contribution >= 0.6 is 11.6 Å². The van der Waals surface area contributed by atoms with Crippen molar-refractivity contribution in [2.45, 2.75) is 0 Å². The number of nitrogens with one attached hydrogen (secondary N) is 1. The number of methoxy groups -OCH3 is 1. The Balaban J connectivity index is 2.21. The number of ether oxygens (including phenoxy) is 1. The molecule has 0 radical (unpaired) electrons. The summed E-state index contributed by atoms with van der Waals surface area (Å²) in [5.74, 6) is 6.81. The quantitative estimate of drug-likeness (QED) is 0.750. The molecular formula is C13H10ClNO. The van der Waals surface area contributed by atoms with E-state index in [1.54, 1.807) is 19.4 Å². The van der Waals surface area contributed by atoms with Crippen molar-refractivity contribution >= 4 is 11.6 Å². The van der Waals surface area contributed by atoms with E-state index in [4.69, 9.17) is 16.3 Å². The maximum absolute atomic E-state index is 5.90. The molecule has 0 saturated heterocycles. The molecule has 0 aliphatic heterocycles. The number of hydrogen-bond acceptors (Lipinski definition) is 1. The van der Waals surface area contributed by atoms with E-state index < -0.39 is 0 Å². The van der Waals surface area contributed by atoms with Crippen LogP contribution in [-0.2, 0) is 0 Å². The molecule has 0 atom stereocenters. The molecular weight excluding hydrogens is 222 g/mol. The summed E-state index contributed by atoms with van der Waals surface area (Å²) < 4.78 is 5.06. The zero-order valence-corrected chi connectivity index (χ0v) is 9.51. The first-order chi connectivity index (χ1) is 7.79. The molecule has 0 saturated carbocycles. The summed E-state index contributed by atoms with van der Waals surface area (Å²) in [4.78, 5) is 2.97. The molecule has 2 rings (SSSR count). The van der Waals surface area contributed by atoms with Crippen LogP contribution in [0.4, 0.5) is 0 Å². The van der Waals surface area contributed by atoms with Crippen molar-refractivity contribution in [1.29, 1.82) is 0 Å². The SMILES string of the molecule is COc1ccc(C#Cc2[nH]ccc2Cl)cc1. The van der Waals surface area contributed by atoms with Crippen LogP contribution in [0.25, 0.3) is 0 Å². The summed E-state index contributed by atoms with van der Waals surface area (Å²) in [5, 5.41) is 0.640. The summed E-state index contributed by atoms with van der Waals surface area (Å²) in [7, 11) is 1.64. The predicted octanol–water partition coefficient (Wildman–Crippen LogP) is 3.08. The van der Waals surface area contributed by atoms with E-state index in [0.717, 1.165) is 17.0 Å². The van der Waals surface area contributed by atoms with Crippen LogP contribution in [0.3, 0.4) is 0 Å². The number of halogens is 1. The first-order valence-electron chi connectivity index (χ1n) is 4.78. The third-order valence-corrected chi connectivity index (χ3v) is 2.43. The average Bonchev–Trinajstić information content (AvgIpc) is 2.73. The Morgan fingerprint density at radius 1 is 1.12 bits per heavy atom. The minimum atomic E-state index is 0.640. The largest absolute Gasteiger partial charge is 0.497 e. The number of rotatable bonds is 1. The molecule has 2 aromatic rings. The Morgan fingerprint density at radius 2 is 1.88 bits per heavy atom. The Hall–Kier alpha value is -1.85. The van der Waals surface area contributed by atoms with Gasteiger partial charge in [-0.05, 0) is 36.3 Å². The maximum Gasteiger partial charge on any atom is 0.118 e. The molecule has 0 bridgehead atoms. The molecule has 0 aliphatic rings. The number of H-pyrrole nitrogens is 1. The molecule has 1 N–H and O–H groups in total. The van der Waals surface area contributed by atoms with Gasteiger partial charge in [0.25, 0.3) is 0 Å². The van der Waals surface area contributed by atoms with Gasteiger partial charge < -0.3 is 9.72 Å². The summed E-state index contributed by atoms with van der Waals surface area (Å²) in [6.45, 7) is 0. The van der Waals surface area contributed by atoms with Crippen LogP contribution in [0.2, 0.25) is 5.02 Å². The minimum Gasteiger partial charge on any atom is -0.497 e. The van der Waals surface area contributed by atoms with Crippen LogP contribution in [0.15, 0.2) is 36.5 Å². The van der Waals surface area contributed by atoms with Crippen LogP contribution in [0, 0.1) is 11.8 Å². The zero-order chi connectivity index (χ0) is 11.4. The minimum absolute atomic E-state index is 0.640. The predicted molar refractivity (Wildman–Crippen MR) is 64.8 cm³/mol. The highest BCUT2D eigenvalue weighted by atomic mass is 35.5. The third kappa shape index (κ3) is 2.39. The van der Waals surface area contributed by atoms with Gasteiger partial charge in [0.15, 0.2) is 0 Å². The van der Waals surface area contributed by atoms with Gasteiger partial charge >= 0.3 is 0 Å². The molecule has 0 spiro atoms. The van der Waals surface area contributed by atoms with Gasteiger partial charge in [-0.25, -0.2) is 0 Å². The topological polar surface area (TPSA) is 25.0 Å². The number of hydrogen-bond donors (Lipinski definition) is 1. The lowest BCUT2D eigenvalue weighted by molar-refractivity contribution is 0.415. The summed E-state index contributed by atoms with van der Waals surface area (Å²) in [6.07, 6.45) is 1.76. The van der Waals surface area contributed by atoms with Gasteiger partial charge in [0.05, 0.1) is 12.1 Å². The molecule has 0 fully saturated rings. The molecule has 1 aromatic carbocycles. The van der Waals surface area contributed by atoms with Crippen LogP contribution in [0.5, 0.6) is 5.75 Å². The number of benzene rings is 1. The van der Waals surface area contributed by atoms with Gasteiger partial charge in [-0.2, -0.15) is 0 Å². The van der Waals surface area contributed by atoms with Gasteiger partial charge in [-0.3, -0.25) is 0 Å². The first kappa shape index (κ1) is 10.7. The molecule has 80 valence electrons. The molecule has 1 heterocycles. The van der Waals surface area contributed by atoms with Gasteiger partial charge in [0.1, 0.15) is 11.4 Å². The highest BCUT2D eigenvalue weighted by molar-refractivity contribution is 6.31. The second-order valence-corrected chi connectivity index (χ2v) is 3.59. The molecule has 0 unspecified atom stereocenters. The monoisotopic (exact) mass is 231 g/mol. The molecule has 16 heavy (non-hydrogen) atoms. The van der Waals surface area contributed by atoms with E-state index in [2.05, 4.69) is 16.8 Å². The molecule has 3 heteroatoms. The standard InChI is InChI=1S/C13H10ClNO/c1-16-11-5-2-10(3-6-11)4-7-13-12(14)8-9-15-13/h2-3,5-6,8-9,15H,1H3. The fourth-order valence-corrected chi connectivity index (χ4v) is 1.42. The van der Waals surface area contributed by atoms with Crippen LogP contribution < -0.4 is 4.74 Å². The van der Waals surface area contributed by atoms with Gasteiger partial charge in [0.2, 0.25) is 0 Å². The van der Waals surface area contributed by atoms with Crippen molar-refractivity contribution in [2.24, 2.45) is 0 Å². The molecule has 0 aliphatic carbocycles. The first-order valence-corrected chi connectivity index (χ1v) is 5.16. The van der Waals surface area contributed by atoms with E-state index in [1.165, 1.54) is 0 Å². The number of aromatic nitrogens is 1. The van der Waals surface area contributed by atoms with Crippen molar-refractivity contribution < 1.29 is 4.74 Å². The smallest absolute Gasteiger partial charge is 0.118 e. The maximum atomic E-state index is 5.90. The Morgan fingerprint density at radius 3 is 2.44 bits per heavy atom. The Kier molecular flexibility index (Phi) is 3.19. The van der Waals surface area contributed by atoms with Crippen molar-refractivity contribution in [2.75, 3.05) is 7.11 Å². The molecule has 2 nitrogen and oxygen atoms in total. The van der Waals surface area contributed by atoms with Crippen molar-refractivity contribution in [3.63, 3.8) is 0 Å². The lowest BCUT2D eigenvalue weighted by atomic mass is 10.2. The highest BCUT2D eigenvalue weighted by Crippen LogP contribution is 2.13. The third-order valence-electron chi connectivity index (χ3n) is 2.12. The summed E-state index contributed by atoms with van der Waals surface area (Å²) in [6, 6.07) is 9.34. The average molecular weight is 232 g/mol. The van der Waals surface area contributed by atoms with Gasteiger partial charge in [-0.1, -0.05) is 17.5 Å². The summed E-state index contributed by atoms with van der Waals surface area (Å²) >= 11 is 5.90. The van der Waals surface area contributed by atoms with Crippen molar-refractivity contribution in [3.05, 3.63) is 52.8 Å². The van der Waals surface area contributed by atoms with Crippen LogP contribution in [0.1, 0.15) is 11.3 Å². The highest BCUT2D eigenvalue weighted by Gasteiger charge is 1.95. The van der Waals surface area contributed by atoms with Crippen molar-refractivity contribution in [1.82, 2.24) is 4.98 Å². The van der Waals surface area contributed by atoms with Gasteiger partial charge in [-0.15, -0.1) is 0 Å². The Bertz CT molecular complexity index is 531. The van der Waals surface area contributed by atoms with Crippen LogP contribution in [-0.4, -0.2) is 12.1 Å². The lowest BCUT2D eigenvalue weighted by Crippen LogP contribution is -1.82. The van der Waals surface area contributed by atoms with E-state index in [9.17, 15) is 0 Å². The Labute approximate surface area is 99.2 Å². The zero-order valence-electron chi connectivity index (χ0n) is 8.75. The fraction of sp³-hybridized carbons (Fsp3) is 0.0769. The second kappa shape index (κ2) is 4.78. The van der Waals surface area contributed by atoms with E-state index in [-0.39, 0.29) is 0 Å². The van der Waals surface area contributed by atoms with Crippen molar-refractivity contribution in [3.8, 4) is 17.6 Å². The second-order valence-electron chi connectivity index (χ2n) is 3.18. The lowest BCUT2D eigenvalue weighted by Gasteiger charge is -1.97. The normalized spacial score (nSPS) is 9.38. The van der Waals surface area contributed by atoms with E-state index in [0.29, 0.717) is 5.02 Å². The van der Waals surface area contributed by atoms with E-state index >= 15 is 0 Å².